The smallest absolute Gasteiger partial charge is 0.123 e. The van der Waals surface area contributed by atoms with Crippen LogP contribution < -0.4 is 4.74 Å². The zero-order valence-corrected chi connectivity index (χ0v) is 9.94. The Morgan fingerprint density at radius 3 is 2.59 bits per heavy atom. The maximum Gasteiger partial charge on any atom is 0.123 e. The third-order valence-electron chi connectivity index (χ3n) is 2.65. The van der Waals surface area contributed by atoms with Crippen molar-refractivity contribution in [3.8, 4) is 5.75 Å². The van der Waals surface area contributed by atoms with Gasteiger partial charge in [-0.3, -0.25) is 0 Å². The van der Waals surface area contributed by atoms with Gasteiger partial charge in [0.25, 0.3) is 0 Å². The lowest BCUT2D eigenvalue weighted by Crippen LogP contribution is -2.11. The largest absolute Gasteiger partial charge is 0.494 e. The van der Waals surface area contributed by atoms with E-state index in [1.165, 1.54) is 12.1 Å². The summed E-state index contributed by atoms with van der Waals surface area (Å²) >= 11 is 0. The molecule has 0 saturated carbocycles. The fourth-order valence-corrected chi connectivity index (χ4v) is 1.55. The van der Waals surface area contributed by atoms with E-state index in [-0.39, 0.29) is 18.3 Å². The fourth-order valence-electron chi connectivity index (χ4n) is 1.55. The lowest BCUT2D eigenvalue weighted by atomic mass is 10.0. The van der Waals surface area contributed by atoms with Crippen LogP contribution in [0.25, 0.3) is 0 Å². The van der Waals surface area contributed by atoms with Crippen LogP contribution in [0.2, 0.25) is 0 Å². The SMILES string of the molecule is C=CCC[C@H](CO)CCOc1ccc(F)cc1. The molecule has 0 spiro atoms. The Hall–Kier alpha value is -1.35. The van der Waals surface area contributed by atoms with Gasteiger partial charge in [0.05, 0.1) is 6.61 Å². The average Bonchev–Trinajstić information content (AvgIpc) is 2.36. The van der Waals surface area contributed by atoms with Crippen molar-refractivity contribution >= 4 is 0 Å². The lowest BCUT2D eigenvalue weighted by molar-refractivity contribution is 0.185. The zero-order chi connectivity index (χ0) is 12.5. The summed E-state index contributed by atoms with van der Waals surface area (Å²) in [5, 5.41) is 9.15. The highest BCUT2D eigenvalue weighted by molar-refractivity contribution is 5.21. The van der Waals surface area contributed by atoms with Gasteiger partial charge in [-0.1, -0.05) is 6.08 Å². The van der Waals surface area contributed by atoms with Crippen LogP contribution in [0.15, 0.2) is 36.9 Å². The van der Waals surface area contributed by atoms with Crippen LogP contribution in [-0.2, 0) is 0 Å². The molecule has 94 valence electrons. The minimum absolute atomic E-state index is 0.167. The third-order valence-corrected chi connectivity index (χ3v) is 2.65. The molecule has 1 atom stereocenters. The van der Waals surface area contributed by atoms with E-state index < -0.39 is 0 Å². The van der Waals surface area contributed by atoms with Crippen LogP contribution in [0.4, 0.5) is 4.39 Å². The molecule has 1 aromatic carbocycles. The topological polar surface area (TPSA) is 29.5 Å². The van der Waals surface area contributed by atoms with E-state index in [1.807, 2.05) is 6.08 Å². The first-order chi connectivity index (χ1) is 8.26. The van der Waals surface area contributed by atoms with Gasteiger partial charge in [-0.2, -0.15) is 0 Å². The van der Waals surface area contributed by atoms with E-state index in [9.17, 15) is 4.39 Å². The number of hydrogen-bond donors (Lipinski definition) is 1. The minimum atomic E-state index is -0.267. The van der Waals surface area contributed by atoms with Crippen molar-refractivity contribution in [1.82, 2.24) is 0 Å². The van der Waals surface area contributed by atoms with E-state index in [0.717, 1.165) is 19.3 Å². The molecule has 0 radical (unpaired) electrons. The van der Waals surface area contributed by atoms with Gasteiger partial charge in [0.15, 0.2) is 0 Å². The minimum Gasteiger partial charge on any atom is -0.494 e. The predicted molar refractivity (Wildman–Crippen MR) is 66.5 cm³/mol. The van der Waals surface area contributed by atoms with Crippen LogP contribution in [0.3, 0.4) is 0 Å². The molecule has 0 saturated heterocycles. The fraction of sp³-hybridized carbons (Fsp3) is 0.429. The van der Waals surface area contributed by atoms with Crippen LogP contribution in [0.1, 0.15) is 19.3 Å². The molecule has 0 aliphatic rings. The molecule has 0 aliphatic heterocycles. The second-order valence-corrected chi connectivity index (χ2v) is 4.01. The molecule has 1 aromatic rings. The molecular weight excluding hydrogens is 219 g/mol. The standard InChI is InChI=1S/C14H19FO2/c1-2-3-4-12(11-16)9-10-17-14-7-5-13(15)6-8-14/h2,5-8,12,16H,1,3-4,9-11H2/t12-/m0/s1. The van der Waals surface area contributed by atoms with Crippen LogP contribution in [-0.4, -0.2) is 18.3 Å². The van der Waals surface area contributed by atoms with Gasteiger partial charge in [-0.15, -0.1) is 6.58 Å². The Morgan fingerprint density at radius 2 is 2.00 bits per heavy atom. The summed E-state index contributed by atoms with van der Waals surface area (Å²) in [6.07, 6.45) is 4.47. The molecule has 2 nitrogen and oxygen atoms in total. The average molecular weight is 238 g/mol. The van der Waals surface area contributed by atoms with Gasteiger partial charge in [0.2, 0.25) is 0 Å². The first-order valence-corrected chi connectivity index (χ1v) is 5.86. The second-order valence-electron chi connectivity index (χ2n) is 4.01. The van der Waals surface area contributed by atoms with Crippen molar-refractivity contribution in [2.75, 3.05) is 13.2 Å². The normalized spacial score (nSPS) is 12.1. The molecule has 0 unspecified atom stereocenters. The molecule has 0 fully saturated rings. The van der Waals surface area contributed by atoms with Crippen LogP contribution in [0.5, 0.6) is 5.75 Å². The number of ether oxygens (including phenoxy) is 1. The number of aliphatic hydroxyl groups is 1. The molecule has 1 rings (SSSR count). The Kier molecular flexibility index (Phi) is 6.33. The summed E-state index contributed by atoms with van der Waals surface area (Å²) in [6.45, 7) is 4.36. The van der Waals surface area contributed by atoms with E-state index >= 15 is 0 Å². The van der Waals surface area contributed by atoms with E-state index in [1.54, 1.807) is 12.1 Å². The highest BCUT2D eigenvalue weighted by Gasteiger charge is 2.06. The van der Waals surface area contributed by atoms with Crippen molar-refractivity contribution in [3.05, 3.63) is 42.7 Å². The summed E-state index contributed by atoms with van der Waals surface area (Å²) in [7, 11) is 0. The van der Waals surface area contributed by atoms with Crippen molar-refractivity contribution in [2.24, 2.45) is 5.92 Å². The lowest BCUT2D eigenvalue weighted by Gasteiger charge is -2.13. The number of allylic oxidation sites excluding steroid dienone is 1. The predicted octanol–water partition coefficient (Wildman–Crippen LogP) is 3.17. The zero-order valence-electron chi connectivity index (χ0n) is 9.94. The molecule has 0 aliphatic carbocycles. The first kappa shape index (κ1) is 13.7. The van der Waals surface area contributed by atoms with Crippen molar-refractivity contribution in [1.29, 1.82) is 0 Å². The summed E-state index contributed by atoms with van der Waals surface area (Å²) in [5.74, 6) is 0.636. The number of rotatable bonds is 8. The molecular formula is C14H19FO2. The third kappa shape index (κ3) is 5.50. The Labute approximate surface area is 102 Å². The molecule has 17 heavy (non-hydrogen) atoms. The molecule has 0 heterocycles. The molecule has 1 N–H and O–H groups in total. The second kappa shape index (κ2) is 7.85. The highest BCUT2D eigenvalue weighted by Crippen LogP contribution is 2.14. The first-order valence-electron chi connectivity index (χ1n) is 5.86. The Bertz CT molecular complexity index is 321. The van der Waals surface area contributed by atoms with E-state index in [0.29, 0.717) is 12.4 Å². The number of hydrogen-bond acceptors (Lipinski definition) is 2. The quantitative estimate of drug-likeness (QED) is 0.705. The highest BCUT2D eigenvalue weighted by atomic mass is 19.1. The van der Waals surface area contributed by atoms with Crippen molar-refractivity contribution < 1.29 is 14.2 Å². The summed E-state index contributed by atoms with van der Waals surface area (Å²) in [4.78, 5) is 0. The van der Waals surface area contributed by atoms with Gasteiger partial charge in [0, 0.05) is 6.61 Å². The number of aliphatic hydroxyl groups excluding tert-OH is 1. The van der Waals surface area contributed by atoms with E-state index in [4.69, 9.17) is 9.84 Å². The number of benzene rings is 1. The van der Waals surface area contributed by atoms with Gasteiger partial charge >= 0.3 is 0 Å². The molecule has 0 amide bonds. The van der Waals surface area contributed by atoms with Crippen molar-refractivity contribution in [2.45, 2.75) is 19.3 Å². The Balaban J connectivity index is 2.25. The summed E-state index contributed by atoms with van der Waals surface area (Å²) in [5.41, 5.74) is 0. The molecule has 0 bridgehead atoms. The van der Waals surface area contributed by atoms with Crippen molar-refractivity contribution in [3.63, 3.8) is 0 Å². The van der Waals surface area contributed by atoms with Gasteiger partial charge < -0.3 is 9.84 Å². The monoisotopic (exact) mass is 238 g/mol. The Morgan fingerprint density at radius 1 is 1.29 bits per heavy atom. The van der Waals surface area contributed by atoms with E-state index in [2.05, 4.69) is 6.58 Å². The summed E-state index contributed by atoms with van der Waals surface area (Å²) in [6, 6.07) is 5.95. The van der Waals surface area contributed by atoms with Crippen LogP contribution in [0, 0.1) is 11.7 Å². The van der Waals surface area contributed by atoms with Gasteiger partial charge in [0.1, 0.15) is 11.6 Å². The van der Waals surface area contributed by atoms with Crippen LogP contribution >= 0.6 is 0 Å². The van der Waals surface area contributed by atoms with Gasteiger partial charge in [-0.25, -0.2) is 4.39 Å². The summed E-state index contributed by atoms with van der Waals surface area (Å²) < 4.78 is 18.1. The van der Waals surface area contributed by atoms with Gasteiger partial charge in [-0.05, 0) is 49.4 Å². The number of halogens is 1. The molecule has 0 aromatic heterocycles. The molecule has 3 heteroatoms. The maximum absolute atomic E-state index is 12.6. The maximum atomic E-state index is 12.6.